The van der Waals surface area contributed by atoms with Crippen LogP contribution in [0.25, 0.3) is 6.08 Å². The highest BCUT2D eigenvalue weighted by Gasteiger charge is 2.33. The van der Waals surface area contributed by atoms with Crippen LogP contribution in [0.4, 0.5) is 0 Å². The van der Waals surface area contributed by atoms with Gasteiger partial charge in [-0.25, -0.2) is 0 Å². The van der Waals surface area contributed by atoms with Gasteiger partial charge in [0.1, 0.15) is 11.5 Å². The number of hydrogen-bond acceptors (Lipinski definition) is 6. The standard InChI is InChI=1S/C26H27NO5S/c1-29-19-9-7-17(21(15-19)30-2)8-10-25(28)27-12-11-18-14-22(31-3)23(32-4)16-20(18)26(27)24-6-5-13-33-24/h5-10,13-16,26H,11-12H2,1-4H3/b10-8+. The molecular weight excluding hydrogens is 438 g/mol. The lowest BCUT2D eigenvalue weighted by atomic mass is 9.90. The third kappa shape index (κ3) is 4.54. The largest absolute Gasteiger partial charge is 0.497 e. The number of carbonyl (C=O) groups is 1. The van der Waals surface area contributed by atoms with Gasteiger partial charge in [-0.05, 0) is 59.3 Å². The molecule has 4 rings (SSSR count). The monoisotopic (exact) mass is 465 g/mol. The van der Waals surface area contributed by atoms with Crippen molar-refractivity contribution in [3.05, 3.63) is 75.5 Å². The first-order valence-corrected chi connectivity index (χ1v) is 11.5. The van der Waals surface area contributed by atoms with E-state index in [1.807, 2.05) is 40.6 Å². The van der Waals surface area contributed by atoms with Gasteiger partial charge in [0.05, 0.1) is 34.5 Å². The van der Waals surface area contributed by atoms with Crippen LogP contribution in [0.15, 0.2) is 53.9 Å². The Balaban J connectivity index is 1.69. The Hall–Kier alpha value is -3.45. The lowest BCUT2D eigenvalue weighted by Gasteiger charge is -2.37. The molecule has 3 aromatic rings. The minimum Gasteiger partial charge on any atom is -0.497 e. The van der Waals surface area contributed by atoms with Gasteiger partial charge in [0.25, 0.3) is 0 Å². The van der Waals surface area contributed by atoms with E-state index in [4.69, 9.17) is 18.9 Å². The Kier molecular flexibility index (Phi) is 6.89. The van der Waals surface area contributed by atoms with Crippen LogP contribution in [0, 0.1) is 0 Å². The molecule has 0 aliphatic carbocycles. The van der Waals surface area contributed by atoms with Crippen molar-refractivity contribution in [1.82, 2.24) is 4.90 Å². The van der Waals surface area contributed by atoms with Crippen molar-refractivity contribution in [1.29, 1.82) is 0 Å². The molecule has 1 unspecified atom stereocenters. The van der Waals surface area contributed by atoms with E-state index in [-0.39, 0.29) is 11.9 Å². The first-order chi connectivity index (χ1) is 16.1. The third-order valence-electron chi connectivity index (χ3n) is 5.82. The van der Waals surface area contributed by atoms with Crippen LogP contribution in [-0.4, -0.2) is 45.8 Å². The van der Waals surface area contributed by atoms with Gasteiger partial charge in [0.2, 0.25) is 5.91 Å². The van der Waals surface area contributed by atoms with Gasteiger partial charge in [-0.3, -0.25) is 4.79 Å². The van der Waals surface area contributed by atoms with Crippen molar-refractivity contribution in [2.75, 3.05) is 35.0 Å². The number of rotatable bonds is 7. The zero-order chi connectivity index (χ0) is 23.4. The molecule has 0 radical (unpaired) electrons. The number of carbonyl (C=O) groups excluding carboxylic acids is 1. The highest BCUT2D eigenvalue weighted by Crippen LogP contribution is 2.42. The van der Waals surface area contributed by atoms with E-state index in [1.54, 1.807) is 58.0 Å². The Morgan fingerprint density at radius 2 is 1.73 bits per heavy atom. The predicted molar refractivity (Wildman–Crippen MR) is 130 cm³/mol. The molecule has 1 aromatic heterocycles. The topological polar surface area (TPSA) is 57.2 Å². The maximum atomic E-state index is 13.4. The number of methoxy groups -OCH3 is 4. The molecule has 6 nitrogen and oxygen atoms in total. The SMILES string of the molecule is COc1ccc(/C=C/C(=O)N2CCc3cc(OC)c(OC)cc3C2c2cccs2)c(OC)c1. The predicted octanol–water partition coefficient (Wildman–Crippen LogP) is 4.97. The molecule has 0 saturated carbocycles. The van der Waals surface area contributed by atoms with E-state index in [0.29, 0.717) is 29.5 Å². The van der Waals surface area contributed by atoms with Crippen LogP contribution in [0.5, 0.6) is 23.0 Å². The molecule has 0 fully saturated rings. The average Bonchev–Trinajstić information content (AvgIpc) is 3.40. The van der Waals surface area contributed by atoms with Gasteiger partial charge in [-0.2, -0.15) is 0 Å². The van der Waals surface area contributed by atoms with Crippen molar-refractivity contribution >= 4 is 23.3 Å². The first-order valence-electron chi connectivity index (χ1n) is 10.6. The second-order valence-corrected chi connectivity index (χ2v) is 8.53. The highest BCUT2D eigenvalue weighted by atomic mass is 32.1. The van der Waals surface area contributed by atoms with E-state index in [9.17, 15) is 4.79 Å². The van der Waals surface area contributed by atoms with Crippen molar-refractivity contribution in [2.24, 2.45) is 0 Å². The molecule has 172 valence electrons. The summed E-state index contributed by atoms with van der Waals surface area (Å²) in [6.45, 7) is 0.605. The molecule has 0 saturated heterocycles. The maximum absolute atomic E-state index is 13.4. The number of amides is 1. The van der Waals surface area contributed by atoms with Crippen LogP contribution in [-0.2, 0) is 11.2 Å². The number of ether oxygens (including phenoxy) is 4. The van der Waals surface area contributed by atoms with Crippen molar-refractivity contribution in [3.63, 3.8) is 0 Å². The van der Waals surface area contributed by atoms with Crippen molar-refractivity contribution < 1.29 is 23.7 Å². The minimum atomic E-state index is -0.191. The summed E-state index contributed by atoms with van der Waals surface area (Å²) in [5.41, 5.74) is 3.03. The molecule has 1 amide bonds. The molecule has 2 aromatic carbocycles. The number of fused-ring (bicyclic) bond motifs is 1. The fraction of sp³-hybridized carbons (Fsp3) is 0.269. The van der Waals surface area contributed by atoms with E-state index < -0.39 is 0 Å². The van der Waals surface area contributed by atoms with Gasteiger partial charge >= 0.3 is 0 Å². The molecule has 1 atom stereocenters. The smallest absolute Gasteiger partial charge is 0.247 e. The zero-order valence-corrected chi connectivity index (χ0v) is 20.0. The lowest BCUT2D eigenvalue weighted by molar-refractivity contribution is -0.127. The van der Waals surface area contributed by atoms with Crippen molar-refractivity contribution in [3.8, 4) is 23.0 Å². The summed E-state index contributed by atoms with van der Waals surface area (Å²) in [6.07, 6.45) is 4.13. The number of benzene rings is 2. The van der Waals surface area contributed by atoms with Crippen LogP contribution in [0.3, 0.4) is 0 Å². The molecule has 1 aliphatic heterocycles. The summed E-state index contributed by atoms with van der Waals surface area (Å²) in [5, 5.41) is 2.03. The van der Waals surface area contributed by atoms with Gasteiger partial charge in [0, 0.05) is 29.1 Å². The normalized spacial score (nSPS) is 15.3. The van der Waals surface area contributed by atoms with E-state index in [2.05, 4.69) is 6.07 Å². The van der Waals surface area contributed by atoms with Crippen LogP contribution in [0.2, 0.25) is 0 Å². The molecule has 0 spiro atoms. The van der Waals surface area contributed by atoms with Crippen molar-refractivity contribution in [2.45, 2.75) is 12.5 Å². The molecule has 0 bridgehead atoms. The zero-order valence-electron chi connectivity index (χ0n) is 19.2. The Morgan fingerprint density at radius 3 is 2.39 bits per heavy atom. The van der Waals surface area contributed by atoms with E-state index >= 15 is 0 Å². The fourth-order valence-corrected chi connectivity index (χ4v) is 5.00. The van der Waals surface area contributed by atoms with Gasteiger partial charge < -0.3 is 23.8 Å². The van der Waals surface area contributed by atoms with Gasteiger partial charge in [0.15, 0.2) is 11.5 Å². The van der Waals surface area contributed by atoms with E-state index in [0.717, 1.165) is 28.0 Å². The van der Waals surface area contributed by atoms with E-state index in [1.165, 1.54) is 0 Å². The number of hydrogen-bond donors (Lipinski definition) is 0. The molecule has 2 heterocycles. The van der Waals surface area contributed by atoms with Crippen LogP contribution >= 0.6 is 11.3 Å². The number of nitrogens with zero attached hydrogens (tertiary/aromatic N) is 1. The summed E-state index contributed by atoms with van der Waals surface area (Å²) >= 11 is 1.64. The third-order valence-corrected chi connectivity index (χ3v) is 6.74. The summed E-state index contributed by atoms with van der Waals surface area (Å²) in [4.78, 5) is 16.4. The summed E-state index contributed by atoms with van der Waals surface area (Å²) in [7, 11) is 6.47. The second-order valence-electron chi connectivity index (χ2n) is 7.55. The average molecular weight is 466 g/mol. The Labute approximate surface area is 198 Å². The number of thiophene rings is 1. The maximum Gasteiger partial charge on any atom is 0.247 e. The highest BCUT2D eigenvalue weighted by molar-refractivity contribution is 7.10. The quantitative estimate of drug-likeness (QED) is 0.461. The van der Waals surface area contributed by atoms with Gasteiger partial charge in [-0.15, -0.1) is 11.3 Å². The summed E-state index contributed by atoms with van der Waals surface area (Å²) < 4.78 is 21.8. The summed E-state index contributed by atoms with van der Waals surface area (Å²) in [5.74, 6) is 2.64. The first kappa shape index (κ1) is 22.7. The second kappa shape index (κ2) is 10.0. The molecule has 0 N–H and O–H groups in total. The minimum absolute atomic E-state index is 0.0632. The van der Waals surface area contributed by atoms with Crippen LogP contribution in [0.1, 0.15) is 27.6 Å². The molecule has 1 aliphatic rings. The molecule has 7 heteroatoms. The summed E-state index contributed by atoms with van der Waals surface area (Å²) in [6, 6.07) is 13.4. The van der Waals surface area contributed by atoms with Crippen LogP contribution < -0.4 is 18.9 Å². The lowest BCUT2D eigenvalue weighted by Crippen LogP contribution is -2.39. The molecular formula is C26H27NO5S. The fourth-order valence-electron chi connectivity index (χ4n) is 4.15. The van der Waals surface area contributed by atoms with Gasteiger partial charge in [-0.1, -0.05) is 6.07 Å². The Morgan fingerprint density at radius 1 is 0.970 bits per heavy atom. The molecule has 33 heavy (non-hydrogen) atoms. The Bertz CT molecular complexity index is 1160.